The van der Waals surface area contributed by atoms with Crippen LogP contribution in [0.3, 0.4) is 0 Å². The van der Waals surface area contributed by atoms with Crippen LogP contribution in [-0.2, 0) is 0 Å². The number of aromatic nitrogens is 1. The molecule has 0 aromatic carbocycles. The minimum absolute atomic E-state index is 0.112. The van der Waals surface area contributed by atoms with Gasteiger partial charge >= 0.3 is 0 Å². The van der Waals surface area contributed by atoms with Crippen LogP contribution < -0.4 is 5.73 Å². The average Bonchev–Trinajstić information content (AvgIpc) is 2.05. The van der Waals surface area contributed by atoms with E-state index in [4.69, 9.17) is 5.73 Å². The molecule has 1 heterocycles. The second-order valence-electron chi connectivity index (χ2n) is 2.44. The molecular weight excluding hydrogens is 162 g/mol. The van der Waals surface area contributed by atoms with Crippen LogP contribution in [-0.4, -0.2) is 11.5 Å². The Morgan fingerprint density at radius 1 is 1.58 bits per heavy atom. The van der Waals surface area contributed by atoms with Crippen LogP contribution in [0.2, 0.25) is 0 Å². The molecule has 1 atom stereocenters. The molecule has 0 radical (unpaired) electrons. The van der Waals surface area contributed by atoms with Crippen LogP contribution in [0.25, 0.3) is 0 Å². The number of pyridine rings is 1. The molecule has 2 nitrogen and oxygen atoms in total. The summed E-state index contributed by atoms with van der Waals surface area (Å²) < 4.78 is 25.5. The highest BCUT2D eigenvalue weighted by molar-refractivity contribution is 5.08. The van der Waals surface area contributed by atoms with Crippen molar-refractivity contribution in [1.29, 1.82) is 0 Å². The van der Waals surface area contributed by atoms with Crippen LogP contribution in [0, 0.1) is 5.82 Å². The quantitative estimate of drug-likeness (QED) is 0.751. The number of alkyl halides is 1. The molecule has 0 saturated heterocycles. The van der Waals surface area contributed by atoms with Crippen molar-refractivity contribution in [3.8, 4) is 0 Å². The van der Waals surface area contributed by atoms with E-state index in [0.29, 0.717) is 0 Å². The fraction of sp³-hybridized carbons (Fsp3) is 0.375. The third kappa shape index (κ3) is 2.23. The lowest BCUT2D eigenvalue weighted by Gasteiger charge is -2.04. The van der Waals surface area contributed by atoms with Gasteiger partial charge in [-0.1, -0.05) is 0 Å². The number of halogens is 2. The molecule has 0 spiro atoms. The average molecular weight is 172 g/mol. The van der Waals surface area contributed by atoms with E-state index in [1.54, 1.807) is 0 Å². The summed E-state index contributed by atoms with van der Waals surface area (Å²) >= 11 is 0. The predicted molar refractivity (Wildman–Crippen MR) is 41.7 cm³/mol. The zero-order chi connectivity index (χ0) is 8.97. The van der Waals surface area contributed by atoms with E-state index in [-0.39, 0.29) is 18.7 Å². The molecule has 0 aliphatic rings. The SMILES string of the molecule is NCCC(F)c1cc(F)ccn1. The number of hydrogen-bond acceptors (Lipinski definition) is 2. The van der Waals surface area contributed by atoms with Gasteiger partial charge in [0.15, 0.2) is 0 Å². The molecule has 0 bridgehead atoms. The number of hydrogen-bond donors (Lipinski definition) is 1. The molecule has 0 saturated carbocycles. The van der Waals surface area contributed by atoms with Gasteiger partial charge in [-0.2, -0.15) is 0 Å². The van der Waals surface area contributed by atoms with Crippen LogP contribution in [0.15, 0.2) is 18.3 Å². The Labute approximate surface area is 69.4 Å². The first-order chi connectivity index (χ1) is 5.74. The van der Waals surface area contributed by atoms with Crippen molar-refractivity contribution in [2.45, 2.75) is 12.6 Å². The van der Waals surface area contributed by atoms with Gasteiger partial charge in [0.25, 0.3) is 0 Å². The van der Waals surface area contributed by atoms with Crippen molar-refractivity contribution < 1.29 is 8.78 Å². The van der Waals surface area contributed by atoms with Crippen molar-refractivity contribution in [3.05, 3.63) is 29.8 Å². The molecule has 1 aromatic heterocycles. The molecule has 66 valence electrons. The predicted octanol–water partition coefficient (Wildman–Crippen LogP) is 1.58. The number of nitrogens with zero attached hydrogens (tertiary/aromatic N) is 1. The van der Waals surface area contributed by atoms with Crippen molar-refractivity contribution >= 4 is 0 Å². The van der Waals surface area contributed by atoms with Crippen LogP contribution in [0.1, 0.15) is 18.3 Å². The molecular formula is C8H10F2N2. The van der Waals surface area contributed by atoms with Gasteiger partial charge in [0.05, 0.1) is 5.69 Å². The van der Waals surface area contributed by atoms with E-state index < -0.39 is 12.0 Å². The Morgan fingerprint density at radius 2 is 2.33 bits per heavy atom. The van der Waals surface area contributed by atoms with Gasteiger partial charge in [0.2, 0.25) is 0 Å². The zero-order valence-electron chi connectivity index (χ0n) is 6.50. The third-order valence-electron chi connectivity index (χ3n) is 1.48. The van der Waals surface area contributed by atoms with E-state index in [1.165, 1.54) is 12.3 Å². The molecule has 1 unspecified atom stereocenters. The first-order valence-electron chi connectivity index (χ1n) is 3.69. The summed E-state index contributed by atoms with van der Waals surface area (Å²) in [6, 6.07) is 2.26. The Morgan fingerprint density at radius 3 is 2.92 bits per heavy atom. The Bertz CT molecular complexity index is 253. The van der Waals surface area contributed by atoms with Gasteiger partial charge in [-0.3, -0.25) is 4.98 Å². The zero-order valence-corrected chi connectivity index (χ0v) is 6.50. The fourth-order valence-corrected chi connectivity index (χ4v) is 0.887. The molecule has 1 aromatic rings. The van der Waals surface area contributed by atoms with Crippen molar-refractivity contribution in [1.82, 2.24) is 4.98 Å². The maximum Gasteiger partial charge on any atom is 0.143 e. The van der Waals surface area contributed by atoms with E-state index >= 15 is 0 Å². The molecule has 2 N–H and O–H groups in total. The van der Waals surface area contributed by atoms with Crippen LogP contribution in [0.4, 0.5) is 8.78 Å². The Kier molecular flexibility index (Phi) is 3.10. The van der Waals surface area contributed by atoms with Gasteiger partial charge in [0, 0.05) is 6.20 Å². The van der Waals surface area contributed by atoms with E-state index in [9.17, 15) is 8.78 Å². The summed E-state index contributed by atoms with van der Waals surface area (Å²) in [4.78, 5) is 3.69. The highest BCUT2D eigenvalue weighted by Gasteiger charge is 2.10. The van der Waals surface area contributed by atoms with Crippen LogP contribution in [0.5, 0.6) is 0 Å². The third-order valence-corrected chi connectivity index (χ3v) is 1.48. The van der Waals surface area contributed by atoms with Crippen molar-refractivity contribution in [3.63, 3.8) is 0 Å². The maximum absolute atomic E-state index is 13.0. The first-order valence-corrected chi connectivity index (χ1v) is 3.69. The Hall–Kier alpha value is -1.03. The van der Waals surface area contributed by atoms with Gasteiger partial charge in [-0.15, -0.1) is 0 Å². The van der Waals surface area contributed by atoms with Gasteiger partial charge in [0.1, 0.15) is 12.0 Å². The van der Waals surface area contributed by atoms with Gasteiger partial charge in [-0.05, 0) is 25.1 Å². The monoisotopic (exact) mass is 172 g/mol. The van der Waals surface area contributed by atoms with E-state index in [0.717, 1.165) is 6.07 Å². The van der Waals surface area contributed by atoms with Crippen molar-refractivity contribution in [2.24, 2.45) is 5.73 Å². The summed E-state index contributed by atoms with van der Waals surface area (Å²) in [5, 5.41) is 0. The first kappa shape index (κ1) is 9.06. The lowest BCUT2D eigenvalue weighted by molar-refractivity contribution is 0.319. The molecule has 0 aliphatic heterocycles. The summed E-state index contributed by atoms with van der Waals surface area (Å²) in [7, 11) is 0. The second-order valence-corrected chi connectivity index (χ2v) is 2.44. The molecule has 4 heteroatoms. The summed E-state index contributed by atoms with van der Waals surface area (Å²) in [5.74, 6) is -0.473. The molecule has 12 heavy (non-hydrogen) atoms. The number of nitrogens with two attached hydrogens (primary N) is 1. The fourth-order valence-electron chi connectivity index (χ4n) is 0.887. The Balaban J connectivity index is 2.73. The lowest BCUT2D eigenvalue weighted by atomic mass is 10.2. The summed E-state index contributed by atoms with van der Waals surface area (Å²) in [6.45, 7) is 0.235. The molecule has 1 rings (SSSR count). The highest BCUT2D eigenvalue weighted by Crippen LogP contribution is 2.18. The van der Waals surface area contributed by atoms with E-state index in [1.807, 2.05) is 0 Å². The normalized spacial score (nSPS) is 12.9. The standard InChI is InChI=1S/C8H10F2N2/c9-6-2-4-12-8(5-6)7(10)1-3-11/h2,4-5,7H,1,3,11H2. The minimum Gasteiger partial charge on any atom is -0.330 e. The maximum atomic E-state index is 13.0. The second kappa shape index (κ2) is 4.11. The topological polar surface area (TPSA) is 38.9 Å². The minimum atomic E-state index is -1.26. The molecule has 0 aliphatic carbocycles. The van der Waals surface area contributed by atoms with E-state index in [2.05, 4.69) is 4.98 Å². The van der Waals surface area contributed by atoms with Crippen molar-refractivity contribution in [2.75, 3.05) is 6.54 Å². The van der Waals surface area contributed by atoms with Crippen LogP contribution >= 0.6 is 0 Å². The largest absolute Gasteiger partial charge is 0.330 e. The lowest BCUT2D eigenvalue weighted by Crippen LogP contribution is -2.05. The number of rotatable bonds is 3. The summed E-state index contributed by atoms with van der Waals surface area (Å²) in [5.41, 5.74) is 5.25. The molecule has 0 fully saturated rings. The smallest absolute Gasteiger partial charge is 0.143 e. The van der Waals surface area contributed by atoms with Gasteiger partial charge in [-0.25, -0.2) is 8.78 Å². The molecule has 0 amide bonds. The summed E-state index contributed by atoms with van der Waals surface area (Å²) in [6.07, 6.45) is 0.162. The van der Waals surface area contributed by atoms with Gasteiger partial charge < -0.3 is 5.73 Å². The highest BCUT2D eigenvalue weighted by atomic mass is 19.1.